The molecule has 3 aromatic rings. The maximum Gasteiger partial charge on any atom is 0.254 e. The van der Waals surface area contributed by atoms with Gasteiger partial charge >= 0.3 is 0 Å². The minimum absolute atomic E-state index is 0.198. The molecule has 8 nitrogen and oxygen atoms in total. The van der Waals surface area contributed by atoms with Crippen molar-refractivity contribution in [3.05, 3.63) is 48.3 Å². The third-order valence-electron chi connectivity index (χ3n) is 3.67. The maximum absolute atomic E-state index is 12.2. The van der Waals surface area contributed by atoms with Crippen molar-refractivity contribution in [1.29, 1.82) is 0 Å². The zero-order valence-corrected chi connectivity index (χ0v) is 15.4. The van der Waals surface area contributed by atoms with Crippen LogP contribution in [0.15, 0.2) is 42.1 Å². The van der Waals surface area contributed by atoms with Gasteiger partial charge < -0.3 is 9.88 Å². The summed E-state index contributed by atoms with van der Waals surface area (Å²) in [6, 6.07) is 3.69. The van der Waals surface area contributed by atoms with Gasteiger partial charge in [0.25, 0.3) is 5.91 Å². The summed E-state index contributed by atoms with van der Waals surface area (Å²) < 4.78 is 2.04. The summed E-state index contributed by atoms with van der Waals surface area (Å²) >= 11 is 1.57. The Labute approximate surface area is 155 Å². The van der Waals surface area contributed by atoms with Crippen molar-refractivity contribution < 1.29 is 4.79 Å². The molecule has 0 fully saturated rings. The number of hydrogen-bond donors (Lipinski definition) is 1. The van der Waals surface area contributed by atoms with Crippen molar-refractivity contribution in [2.45, 2.75) is 25.5 Å². The normalized spacial score (nSPS) is 10.7. The van der Waals surface area contributed by atoms with Gasteiger partial charge in [-0.3, -0.25) is 9.78 Å². The van der Waals surface area contributed by atoms with Crippen LogP contribution < -0.4 is 5.32 Å². The third-order valence-corrected chi connectivity index (χ3v) is 4.64. The van der Waals surface area contributed by atoms with E-state index in [1.807, 2.05) is 23.6 Å². The van der Waals surface area contributed by atoms with Crippen molar-refractivity contribution in [1.82, 2.24) is 35.0 Å². The van der Waals surface area contributed by atoms with Gasteiger partial charge in [-0.05, 0) is 26.0 Å². The lowest BCUT2D eigenvalue weighted by Crippen LogP contribution is -2.26. The van der Waals surface area contributed by atoms with E-state index in [1.54, 1.807) is 24.2 Å². The summed E-state index contributed by atoms with van der Waals surface area (Å²) in [6.07, 6.45) is 6.42. The molecule has 134 valence electrons. The van der Waals surface area contributed by atoms with E-state index in [-0.39, 0.29) is 5.91 Å². The van der Waals surface area contributed by atoms with Crippen LogP contribution in [0.1, 0.15) is 23.1 Å². The number of hydrogen-bond acceptors (Lipinski definition) is 7. The highest BCUT2D eigenvalue weighted by molar-refractivity contribution is 7.99. The number of aryl methyl sites for hydroxylation is 1. The molecular weight excluding hydrogens is 350 g/mol. The Hall–Kier alpha value is -2.81. The van der Waals surface area contributed by atoms with Crippen LogP contribution in [0.5, 0.6) is 0 Å². The fourth-order valence-electron chi connectivity index (χ4n) is 2.33. The van der Waals surface area contributed by atoms with Crippen LogP contribution >= 0.6 is 11.8 Å². The van der Waals surface area contributed by atoms with E-state index in [1.165, 1.54) is 12.4 Å². The first-order chi connectivity index (χ1) is 12.7. The number of nitrogens with zero attached hydrogens (tertiary/aromatic N) is 6. The van der Waals surface area contributed by atoms with E-state index in [0.29, 0.717) is 23.7 Å². The number of rotatable bonds is 7. The predicted octanol–water partition coefficient (Wildman–Crippen LogP) is 1.98. The first-order valence-corrected chi connectivity index (χ1v) is 9.21. The predicted molar refractivity (Wildman–Crippen MR) is 98.8 cm³/mol. The van der Waals surface area contributed by atoms with E-state index in [0.717, 1.165) is 23.1 Å². The second kappa shape index (κ2) is 8.52. The van der Waals surface area contributed by atoms with Crippen LogP contribution in [0.25, 0.3) is 11.4 Å². The second-order valence-electron chi connectivity index (χ2n) is 5.42. The van der Waals surface area contributed by atoms with Crippen molar-refractivity contribution >= 4 is 17.7 Å². The zero-order valence-electron chi connectivity index (χ0n) is 14.6. The Morgan fingerprint density at radius 2 is 2.04 bits per heavy atom. The minimum Gasteiger partial charge on any atom is -0.351 e. The summed E-state index contributed by atoms with van der Waals surface area (Å²) in [6.45, 7) is 5.33. The average molecular weight is 369 g/mol. The highest BCUT2D eigenvalue weighted by Crippen LogP contribution is 2.16. The smallest absolute Gasteiger partial charge is 0.254 e. The monoisotopic (exact) mass is 369 g/mol. The standard InChI is InChI=1S/C17H19N7OS/c1-3-24-12(2)22-23-17(24)26-8-7-19-16(25)14-10-20-15(21-11-14)13-5-4-6-18-9-13/h4-6,9-11H,3,7-8H2,1-2H3,(H,19,25). The first kappa shape index (κ1) is 18.0. The Kier molecular flexibility index (Phi) is 5.90. The summed E-state index contributed by atoms with van der Waals surface area (Å²) in [4.78, 5) is 24.7. The first-order valence-electron chi connectivity index (χ1n) is 8.22. The quantitative estimate of drug-likeness (QED) is 0.502. The fraction of sp³-hybridized carbons (Fsp3) is 0.294. The molecule has 0 aromatic carbocycles. The van der Waals surface area contributed by atoms with Crippen molar-refractivity contribution in [3.63, 3.8) is 0 Å². The molecule has 0 aliphatic carbocycles. The van der Waals surface area contributed by atoms with Crippen LogP contribution in [-0.4, -0.2) is 47.9 Å². The lowest BCUT2D eigenvalue weighted by Gasteiger charge is -2.06. The highest BCUT2D eigenvalue weighted by Gasteiger charge is 2.10. The molecule has 0 spiro atoms. The molecule has 26 heavy (non-hydrogen) atoms. The lowest BCUT2D eigenvalue weighted by atomic mass is 10.2. The number of carbonyl (C=O) groups excluding carboxylic acids is 1. The molecule has 0 aliphatic heterocycles. The van der Waals surface area contributed by atoms with Crippen LogP contribution in [0.3, 0.4) is 0 Å². The van der Waals surface area contributed by atoms with Gasteiger partial charge in [-0.2, -0.15) is 0 Å². The van der Waals surface area contributed by atoms with Gasteiger partial charge in [0.05, 0.1) is 5.56 Å². The molecule has 0 saturated carbocycles. The average Bonchev–Trinajstić information content (AvgIpc) is 3.05. The Bertz CT molecular complexity index is 865. The van der Waals surface area contributed by atoms with Gasteiger partial charge in [-0.1, -0.05) is 11.8 Å². The number of amides is 1. The van der Waals surface area contributed by atoms with Crippen LogP contribution in [0.4, 0.5) is 0 Å². The van der Waals surface area contributed by atoms with E-state index in [4.69, 9.17) is 0 Å². The Morgan fingerprint density at radius 3 is 2.73 bits per heavy atom. The van der Waals surface area contributed by atoms with E-state index in [9.17, 15) is 4.79 Å². The van der Waals surface area contributed by atoms with Crippen molar-refractivity contribution in [2.75, 3.05) is 12.3 Å². The van der Waals surface area contributed by atoms with Crippen molar-refractivity contribution in [2.24, 2.45) is 0 Å². The number of thioether (sulfide) groups is 1. The Morgan fingerprint density at radius 1 is 1.23 bits per heavy atom. The van der Waals surface area contributed by atoms with Gasteiger partial charge in [-0.15, -0.1) is 10.2 Å². The lowest BCUT2D eigenvalue weighted by molar-refractivity contribution is 0.0955. The number of aromatic nitrogens is 6. The highest BCUT2D eigenvalue weighted by atomic mass is 32.2. The Balaban J connectivity index is 1.50. The topological polar surface area (TPSA) is 98.5 Å². The molecule has 0 unspecified atom stereocenters. The third kappa shape index (κ3) is 4.23. The van der Waals surface area contributed by atoms with Crippen LogP contribution in [0, 0.1) is 6.92 Å². The summed E-state index contributed by atoms with van der Waals surface area (Å²) in [7, 11) is 0. The molecule has 1 N–H and O–H groups in total. The molecule has 3 rings (SSSR count). The SMILES string of the molecule is CCn1c(C)nnc1SCCNC(=O)c1cnc(-c2cccnc2)nc1. The van der Waals surface area contributed by atoms with Crippen LogP contribution in [0.2, 0.25) is 0 Å². The fourth-order valence-corrected chi connectivity index (χ4v) is 3.23. The van der Waals surface area contributed by atoms with E-state index in [2.05, 4.69) is 37.4 Å². The van der Waals surface area contributed by atoms with Gasteiger partial charge in [0, 0.05) is 49.2 Å². The number of pyridine rings is 1. The molecule has 0 radical (unpaired) electrons. The molecule has 1 amide bonds. The largest absolute Gasteiger partial charge is 0.351 e. The van der Waals surface area contributed by atoms with Gasteiger partial charge in [0.15, 0.2) is 11.0 Å². The summed E-state index contributed by atoms with van der Waals surface area (Å²) in [5.74, 6) is 1.94. The second-order valence-corrected chi connectivity index (χ2v) is 6.48. The van der Waals surface area contributed by atoms with Gasteiger partial charge in [0.2, 0.25) is 0 Å². The molecule has 3 aromatic heterocycles. The molecule has 0 saturated heterocycles. The van der Waals surface area contributed by atoms with E-state index < -0.39 is 0 Å². The molecule has 0 aliphatic rings. The molecule has 0 atom stereocenters. The maximum atomic E-state index is 12.2. The molecule has 3 heterocycles. The van der Waals surface area contributed by atoms with Crippen LogP contribution in [-0.2, 0) is 6.54 Å². The number of carbonyl (C=O) groups is 1. The molecular formula is C17H19N7OS. The molecule has 0 bridgehead atoms. The van der Waals surface area contributed by atoms with Gasteiger partial charge in [-0.25, -0.2) is 9.97 Å². The van der Waals surface area contributed by atoms with E-state index >= 15 is 0 Å². The van der Waals surface area contributed by atoms with Crippen molar-refractivity contribution in [3.8, 4) is 11.4 Å². The number of nitrogens with one attached hydrogen (secondary N) is 1. The van der Waals surface area contributed by atoms with Gasteiger partial charge in [0.1, 0.15) is 5.82 Å². The molecule has 9 heteroatoms. The summed E-state index contributed by atoms with van der Waals surface area (Å²) in [5.41, 5.74) is 1.24. The summed E-state index contributed by atoms with van der Waals surface area (Å²) in [5, 5.41) is 11.9. The minimum atomic E-state index is -0.198. The zero-order chi connectivity index (χ0) is 18.4.